The third-order valence-corrected chi connectivity index (χ3v) is 3.62. The van der Waals surface area contributed by atoms with Gasteiger partial charge in [-0.2, -0.15) is 0 Å². The van der Waals surface area contributed by atoms with Gasteiger partial charge in [-0.25, -0.2) is 4.79 Å². The largest absolute Gasteiger partial charge is 0.445 e. The van der Waals surface area contributed by atoms with Crippen molar-refractivity contribution in [2.24, 2.45) is 5.92 Å². The van der Waals surface area contributed by atoms with Crippen molar-refractivity contribution in [2.45, 2.75) is 32.4 Å². The van der Waals surface area contributed by atoms with E-state index in [1.807, 2.05) is 30.3 Å². The average molecular weight is 262 g/mol. The van der Waals surface area contributed by atoms with E-state index < -0.39 is 0 Å². The molecule has 1 amide bonds. The maximum Gasteiger partial charge on any atom is 0.407 e. The van der Waals surface area contributed by atoms with E-state index in [2.05, 4.69) is 17.6 Å². The predicted octanol–water partition coefficient (Wildman–Crippen LogP) is 2.30. The molecule has 1 aliphatic rings. The first-order valence-electron chi connectivity index (χ1n) is 6.97. The summed E-state index contributed by atoms with van der Waals surface area (Å²) in [6.07, 6.45) is 1.74. The highest BCUT2D eigenvalue weighted by atomic mass is 16.5. The number of carbonyl (C=O) groups is 1. The molecule has 19 heavy (non-hydrogen) atoms. The van der Waals surface area contributed by atoms with Gasteiger partial charge in [-0.1, -0.05) is 37.3 Å². The third kappa shape index (κ3) is 4.24. The Kier molecular flexibility index (Phi) is 5.21. The summed E-state index contributed by atoms with van der Waals surface area (Å²) in [6.45, 7) is 4.45. The van der Waals surface area contributed by atoms with Gasteiger partial charge in [0.25, 0.3) is 0 Å². The van der Waals surface area contributed by atoms with E-state index in [0.717, 1.165) is 31.5 Å². The number of amides is 1. The molecule has 1 aromatic carbocycles. The Morgan fingerprint density at radius 3 is 2.89 bits per heavy atom. The van der Waals surface area contributed by atoms with Crippen LogP contribution in [0.15, 0.2) is 30.3 Å². The van der Waals surface area contributed by atoms with Crippen LogP contribution in [0.3, 0.4) is 0 Å². The lowest BCUT2D eigenvalue weighted by molar-refractivity contribution is 0.131. The molecular formula is C15H22N2O2. The van der Waals surface area contributed by atoms with Gasteiger partial charge < -0.3 is 15.4 Å². The number of nitrogens with one attached hydrogen (secondary N) is 2. The van der Waals surface area contributed by atoms with Crippen LogP contribution in [0, 0.1) is 5.92 Å². The molecule has 0 bridgehead atoms. The maximum atomic E-state index is 11.8. The van der Waals surface area contributed by atoms with Crippen LogP contribution >= 0.6 is 0 Å². The van der Waals surface area contributed by atoms with Crippen LogP contribution in [0.5, 0.6) is 0 Å². The Hall–Kier alpha value is -1.55. The first-order chi connectivity index (χ1) is 9.29. The number of benzene rings is 1. The normalized spacial score (nSPS) is 19.9. The molecule has 0 aliphatic carbocycles. The van der Waals surface area contributed by atoms with Crippen LogP contribution in [-0.2, 0) is 11.3 Å². The summed E-state index contributed by atoms with van der Waals surface area (Å²) < 4.78 is 5.25. The Morgan fingerprint density at radius 1 is 1.47 bits per heavy atom. The summed E-state index contributed by atoms with van der Waals surface area (Å²) in [6, 6.07) is 9.93. The number of hydrogen-bond acceptors (Lipinski definition) is 3. The highest BCUT2D eigenvalue weighted by molar-refractivity contribution is 5.67. The van der Waals surface area contributed by atoms with Gasteiger partial charge in [0.2, 0.25) is 0 Å². The van der Waals surface area contributed by atoms with Crippen molar-refractivity contribution in [3.63, 3.8) is 0 Å². The van der Waals surface area contributed by atoms with Crippen molar-refractivity contribution in [3.8, 4) is 0 Å². The van der Waals surface area contributed by atoms with E-state index in [-0.39, 0.29) is 12.1 Å². The second-order valence-corrected chi connectivity index (χ2v) is 4.97. The maximum absolute atomic E-state index is 11.8. The highest BCUT2D eigenvalue weighted by Crippen LogP contribution is 2.15. The summed E-state index contributed by atoms with van der Waals surface area (Å²) >= 11 is 0. The second-order valence-electron chi connectivity index (χ2n) is 4.97. The summed E-state index contributed by atoms with van der Waals surface area (Å²) in [5.74, 6) is 0.522. The van der Waals surface area contributed by atoms with Gasteiger partial charge in [0, 0.05) is 6.04 Å². The van der Waals surface area contributed by atoms with Crippen molar-refractivity contribution in [1.82, 2.24) is 10.6 Å². The zero-order valence-corrected chi connectivity index (χ0v) is 11.4. The van der Waals surface area contributed by atoms with Crippen molar-refractivity contribution >= 4 is 6.09 Å². The molecule has 1 fully saturated rings. The molecule has 104 valence electrons. The van der Waals surface area contributed by atoms with E-state index in [1.54, 1.807) is 0 Å². The van der Waals surface area contributed by atoms with E-state index in [1.165, 1.54) is 0 Å². The molecule has 1 saturated heterocycles. The second kappa shape index (κ2) is 7.14. The first-order valence-corrected chi connectivity index (χ1v) is 6.97. The lowest BCUT2D eigenvalue weighted by atomic mass is 9.97. The lowest BCUT2D eigenvalue weighted by Crippen LogP contribution is -2.40. The molecule has 4 heteroatoms. The SMILES string of the molecule is CCC(NC(=O)OCc1ccccc1)C1CCNC1. The smallest absolute Gasteiger partial charge is 0.407 e. The fraction of sp³-hybridized carbons (Fsp3) is 0.533. The van der Waals surface area contributed by atoms with Crippen molar-refractivity contribution < 1.29 is 9.53 Å². The van der Waals surface area contributed by atoms with Crippen LogP contribution in [0.2, 0.25) is 0 Å². The Bertz CT molecular complexity index is 388. The number of ether oxygens (including phenoxy) is 1. The van der Waals surface area contributed by atoms with Gasteiger partial charge in [0.1, 0.15) is 6.61 Å². The van der Waals surface area contributed by atoms with Crippen LogP contribution in [0.25, 0.3) is 0 Å². The van der Waals surface area contributed by atoms with E-state index in [4.69, 9.17) is 4.74 Å². The Morgan fingerprint density at radius 2 is 2.26 bits per heavy atom. The monoisotopic (exact) mass is 262 g/mol. The molecule has 1 aliphatic heterocycles. The van der Waals surface area contributed by atoms with Gasteiger partial charge in [-0.3, -0.25) is 0 Å². The highest BCUT2D eigenvalue weighted by Gasteiger charge is 2.25. The van der Waals surface area contributed by atoms with Gasteiger partial charge >= 0.3 is 6.09 Å². The quantitative estimate of drug-likeness (QED) is 0.856. The molecular weight excluding hydrogens is 240 g/mol. The molecule has 4 nitrogen and oxygen atoms in total. The molecule has 2 rings (SSSR count). The number of alkyl carbamates (subject to hydrolysis) is 1. The van der Waals surface area contributed by atoms with E-state index >= 15 is 0 Å². The van der Waals surface area contributed by atoms with Crippen LogP contribution < -0.4 is 10.6 Å². The molecule has 0 aromatic heterocycles. The van der Waals surface area contributed by atoms with E-state index in [0.29, 0.717) is 12.5 Å². The van der Waals surface area contributed by atoms with Gasteiger partial charge in [0.05, 0.1) is 0 Å². The fourth-order valence-corrected chi connectivity index (χ4v) is 2.49. The number of carbonyl (C=O) groups excluding carboxylic acids is 1. The summed E-state index contributed by atoms with van der Waals surface area (Å²) in [5.41, 5.74) is 1.01. The molecule has 0 saturated carbocycles. The fourth-order valence-electron chi connectivity index (χ4n) is 2.49. The third-order valence-electron chi connectivity index (χ3n) is 3.62. The van der Waals surface area contributed by atoms with Crippen LogP contribution in [-0.4, -0.2) is 25.2 Å². The van der Waals surface area contributed by atoms with Gasteiger partial charge in [-0.05, 0) is 37.4 Å². The number of rotatable bonds is 5. The zero-order chi connectivity index (χ0) is 13.5. The molecule has 0 radical (unpaired) electrons. The molecule has 1 aromatic rings. The van der Waals surface area contributed by atoms with Crippen molar-refractivity contribution in [2.75, 3.05) is 13.1 Å². The summed E-state index contributed by atoms with van der Waals surface area (Å²) in [4.78, 5) is 11.8. The molecule has 2 N–H and O–H groups in total. The minimum Gasteiger partial charge on any atom is -0.445 e. The Balaban J connectivity index is 1.76. The van der Waals surface area contributed by atoms with Crippen molar-refractivity contribution in [3.05, 3.63) is 35.9 Å². The number of hydrogen-bond donors (Lipinski definition) is 2. The topological polar surface area (TPSA) is 50.4 Å². The molecule has 1 heterocycles. The van der Waals surface area contributed by atoms with E-state index in [9.17, 15) is 4.79 Å². The molecule has 2 unspecified atom stereocenters. The Labute approximate surface area is 114 Å². The molecule has 2 atom stereocenters. The van der Waals surface area contributed by atoms with Gasteiger partial charge in [0.15, 0.2) is 0 Å². The lowest BCUT2D eigenvalue weighted by Gasteiger charge is -2.22. The first kappa shape index (κ1) is 13.9. The predicted molar refractivity (Wildman–Crippen MR) is 74.8 cm³/mol. The standard InChI is InChI=1S/C15H22N2O2/c1-2-14(13-8-9-16-10-13)17-15(18)19-11-12-6-4-3-5-7-12/h3-7,13-14,16H,2,8-11H2,1H3,(H,17,18). The van der Waals surface area contributed by atoms with Gasteiger partial charge in [-0.15, -0.1) is 0 Å². The average Bonchev–Trinajstić information content (AvgIpc) is 2.97. The zero-order valence-electron chi connectivity index (χ0n) is 11.4. The minimum absolute atomic E-state index is 0.207. The summed E-state index contributed by atoms with van der Waals surface area (Å²) in [5, 5.41) is 6.30. The summed E-state index contributed by atoms with van der Waals surface area (Å²) in [7, 11) is 0. The van der Waals surface area contributed by atoms with Crippen LogP contribution in [0.1, 0.15) is 25.3 Å². The van der Waals surface area contributed by atoms with Crippen LogP contribution in [0.4, 0.5) is 4.79 Å². The molecule has 0 spiro atoms. The minimum atomic E-state index is -0.317. The van der Waals surface area contributed by atoms with Crippen molar-refractivity contribution in [1.29, 1.82) is 0 Å².